The van der Waals surface area contributed by atoms with Gasteiger partial charge >= 0.3 is 5.97 Å². The van der Waals surface area contributed by atoms with Gasteiger partial charge in [0.15, 0.2) is 0 Å². The summed E-state index contributed by atoms with van der Waals surface area (Å²) in [6.07, 6.45) is 6.29. The Labute approximate surface area is 101 Å². The van der Waals surface area contributed by atoms with E-state index in [-0.39, 0.29) is 0 Å². The minimum absolute atomic E-state index is 0.304. The molecule has 92 valence electrons. The lowest BCUT2D eigenvalue weighted by molar-refractivity contribution is 0.0696. The fourth-order valence-electron chi connectivity index (χ4n) is 2.28. The molecule has 0 spiro atoms. The van der Waals surface area contributed by atoms with Crippen LogP contribution in [0.4, 0.5) is 0 Å². The second kappa shape index (κ2) is 5.21. The number of rotatable bonds is 3. The van der Waals surface area contributed by atoms with Crippen LogP contribution in [0, 0.1) is 6.92 Å². The largest absolute Gasteiger partial charge is 0.490 e. The van der Waals surface area contributed by atoms with Gasteiger partial charge in [0.1, 0.15) is 5.75 Å². The molecular weight excluding hydrogens is 216 g/mol. The highest BCUT2D eigenvalue weighted by molar-refractivity contribution is 5.88. The number of aromatic carboxylic acids is 1. The molecule has 3 heteroatoms. The maximum absolute atomic E-state index is 10.8. The van der Waals surface area contributed by atoms with Gasteiger partial charge in [0.05, 0.1) is 11.7 Å². The first-order valence-corrected chi connectivity index (χ1v) is 6.17. The van der Waals surface area contributed by atoms with E-state index >= 15 is 0 Å². The number of aryl methyl sites for hydroxylation is 1. The molecule has 0 radical (unpaired) electrons. The van der Waals surface area contributed by atoms with E-state index in [1.807, 2.05) is 6.92 Å². The molecule has 1 aliphatic carbocycles. The minimum Gasteiger partial charge on any atom is -0.490 e. The maximum atomic E-state index is 10.8. The molecule has 0 aromatic heterocycles. The fraction of sp³-hybridized carbons (Fsp3) is 0.500. The van der Waals surface area contributed by atoms with E-state index < -0.39 is 5.97 Å². The summed E-state index contributed by atoms with van der Waals surface area (Å²) in [5.74, 6) is -0.0702. The average molecular weight is 234 g/mol. The molecule has 1 aromatic rings. The number of hydrogen-bond donors (Lipinski definition) is 1. The zero-order valence-corrected chi connectivity index (χ0v) is 10.1. The summed E-state index contributed by atoms with van der Waals surface area (Å²) in [7, 11) is 0. The second-order valence-electron chi connectivity index (χ2n) is 4.66. The summed E-state index contributed by atoms with van der Waals surface area (Å²) < 4.78 is 5.93. The van der Waals surface area contributed by atoms with Crippen molar-refractivity contribution in [1.82, 2.24) is 0 Å². The van der Waals surface area contributed by atoms with Crippen LogP contribution in [-0.2, 0) is 0 Å². The number of carbonyl (C=O) groups is 1. The summed E-state index contributed by atoms with van der Waals surface area (Å²) in [6.45, 7) is 1.89. The van der Waals surface area contributed by atoms with Crippen molar-refractivity contribution in [2.24, 2.45) is 0 Å². The summed E-state index contributed by atoms with van der Waals surface area (Å²) in [5.41, 5.74) is 1.22. The van der Waals surface area contributed by atoms with Gasteiger partial charge in [-0.1, -0.05) is 6.42 Å². The lowest BCUT2D eigenvalue weighted by Gasteiger charge is -2.23. The van der Waals surface area contributed by atoms with Gasteiger partial charge < -0.3 is 9.84 Å². The van der Waals surface area contributed by atoms with Gasteiger partial charge in [-0.2, -0.15) is 0 Å². The van der Waals surface area contributed by atoms with Gasteiger partial charge in [0, 0.05) is 0 Å². The quantitative estimate of drug-likeness (QED) is 0.871. The van der Waals surface area contributed by atoms with Crippen molar-refractivity contribution in [2.45, 2.75) is 45.1 Å². The molecule has 3 nitrogen and oxygen atoms in total. The Balaban J connectivity index is 2.08. The number of benzene rings is 1. The third-order valence-corrected chi connectivity index (χ3v) is 3.27. The zero-order chi connectivity index (χ0) is 12.3. The summed E-state index contributed by atoms with van der Waals surface area (Å²) in [6, 6.07) is 5.04. The van der Waals surface area contributed by atoms with Gasteiger partial charge in [-0.15, -0.1) is 0 Å². The van der Waals surface area contributed by atoms with Gasteiger partial charge in [0.25, 0.3) is 0 Å². The molecule has 1 fully saturated rings. The second-order valence-corrected chi connectivity index (χ2v) is 4.66. The summed E-state index contributed by atoms with van der Waals surface area (Å²) in [4.78, 5) is 10.8. The first-order chi connectivity index (χ1) is 8.16. The maximum Gasteiger partial charge on any atom is 0.335 e. The van der Waals surface area contributed by atoms with Crippen LogP contribution >= 0.6 is 0 Å². The predicted octanol–water partition coefficient (Wildman–Crippen LogP) is 3.40. The van der Waals surface area contributed by atoms with Crippen LogP contribution < -0.4 is 4.74 Å². The molecule has 17 heavy (non-hydrogen) atoms. The molecule has 0 unspecified atom stereocenters. The number of ether oxygens (including phenoxy) is 1. The van der Waals surface area contributed by atoms with E-state index in [9.17, 15) is 4.79 Å². The molecule has 0 bridgehead atoms. The highest BCUT2D eigenvalue weighted by atomic mass is 16.5. The number of carboxylic acids is 1. The normalized spacial score (nSPS) is 16.8. The summed E-state index contributed by atoms with van der Waals surface area (Å²) in [5, 5.41) is 8.88. The monoisotopic (exact) mass is 234 g/mol. The van der Waals surface area contributed by atoms with Crippen molar-refractivity contribution >= 4 is 5.97 Å². The van der Waals surface area contributed by atoms with Crippen LogP contribution in [0.5, 0.6) is 5.75 Å². The Morgan fingerprint density at radius 3 is 2.59 bits per heavy atom. The lowest BCUT2D eigenvalue weighted by atomic mass is 9.97. The van der Waals surface area contributed by atoms with E-state index in [1.54, 1.807) is 18.2 Å². The van der Waals surface area contributed by atoms with E-state index in [1.165, 1.54) is 19.3 Å². The molecular formula is C14H18O3. The van der Waals surface area contributed by atoms with Crippen molar-refractivity contribution < 1.29 is 14.6 Å². The molecule has 1 saturated carbocycles. The van der Waals surface area contributed by atoms with Crippen LogP contribution in [0.25, 0.3) is 0 Å². The molecule has 2 rings (SSSR count). The van der Waals surface area contributed by atoms with Gasteiger partial charge in [-0.3, -0.25) is 0 Å². The Kier molecular flexibility index (Phi) is 3.67. The Morgan fingerprint density at radius 2 is 2.00 bits per heavy atom. The molecule has 0 amide bonds. The van der Waals surface area contributed by atoms with Crippen LogP contribution in [0.1, 0.15) is 48.0 Å². The van der Waals surface area contributed by atoms with Crippen molar-refractivity contribution in [2.75, 3.05) is 0 Å². The van der Waals surface area contributed by atoms with Gasteiger partial charge in [-0.25, -0.2) is 4.79 Å². The lowest BCUT2D eigenvalue weighted by Crippen LogP contribution is -2.20. The molecule has 1 aliphatic rings. The molecule has 0 aliphatic heterocycles. The van der Waals surface area contributed by atoms with E-state index in [0.717, 1.165) is 24.2 Å². The predicted molar refractivity (Wildman–Crippen MR) is 65.6 cm³/mol. The standard InChI is InChI=1S/C14H18O3/c1-10-9-11(14(15)16)7-8-13(10)17-12-5-3-2-4-6-12/h7-9,12H,2-6H2,1H3,(H,15,16). The highest BCUT2D eigenvalue weighted by Gasteiger charge is 2.16. The van der Waals surface area contributed by atoms with E-state index in [2.05, 4.69) is 0 Å². The van der Waals surface area contributed by atoms with Crippen LogP contribution in [-0.4, -0.2) is 17.2 Å². The van der Waals surface area contributed by atoms with Crippen molar-refractivity contribution in [1.29, 1.82) is 0 Å². The molecule has 1 N–H and O–H groups in total. The smallest absolute Gasteiger partial charge is 0.335 e. The number of carboxylic acid groups (broad SMARTS) is 1. The number of hydrogen-bond acceptors (Lipinski definition) is 2. The highest BCUT2D eigenvalue weighted by Crippen LogP contribution is 2.26. The van der Waals surface area contributed by atoms with E-state index in [0.29, 0.717) is 11.7 Å². The minimum atomic E-state index is -0.891. The first-order valence-electron chi connectivity index (χ1n) is 6.17. The van der Waals surface area contributed by atoms with Crippen LogP contribution in [0.3, 0.4) is 0 Å². The van der Waals surface area contributed by atoms with Crippen LogP contribution in [0.15, 0.2) is 18.2 Å². The molecule has 0 atom stereocenters. The van der Waals surface area contributed by atoms with Crippen molar-refractivity contribution in [3.05, 3.63) is 29.3 Å². The van der Waals surface area contributed by atoms with Crippen molar-refractivity contribution in [3.8, 4) is 5.75 Å². The van der Waals surface area contributed by atoms with Gasteiger partial charge in [-0.05, 0) is 56.4 Å². The third kappa shape index (κ3) is 2.99. The summed E-state index contributed by atoms with van der Waals surface area (Å²) >= 11 is 0. The first kappa shape index (κ1) is 12.0. The molecule has 0 saturated heterocycles. The van der Waals surface area contributed by atoms with Gasteiger partial charge in [0.2, 0.25) is 0 Å². The SMILES string of the molecule is Cc1cc(C(=O)O)ccc1OC1CCCCC1. The van der Waals surface area contributed by atoms with E-state index in [4.69, 9.17) is 9.84 Å². The Morgan fingerprint density at radius 1 is 1.29 bits per heavy atom. The van der Waals surface area contributed by atoms with Crippen LogP contribution in [0.2, 0.25) is 0 Å². The fourth-order valence-corrected chi connectivity index (χ4v) is 2.28. The third-order valence-electron chi connectivity index (χ3n) is 3.27. The van der Waals surface area contributed by atoms with Crippen molar-refractivity contribution in [3.63, 3.8) is 0 Å². The average Bonchev–Trinajstić information content (AvgIpc) is 2.33. The zero-order valence-electron chi connectivity index (χ0n) is 10.1. The Hall–Kier alpha value is -1.51. The molecule has 0 heterocycles. The topological polar surface area (TPSA) is 46.5 Å². The Bertz CT molecular complexity index is 406. The molecule has 1 aromatic carbocycles.